The Bertz CT molecular complexity index is 893. The standard InChI is InChI=1S/C17H16N2O3S2/c1-21-13-7-4-10(8-14(13)22-2)16(20)18-11-5-6-12-15(9-11)24-17(19-12)23-3/h4-9H,1-3H3,(H,18,20). The molecule has 1 aromatic heterocycles. The number of amides is 1. The van der Waals surface area contributed by atoms with E-state index in [1.807, 2.05) is 24.5 Å². The van der Waals surface area contributed by atoms with Crippen LogP contribution in [0, 0.1) is 0 Å². The fourth-order valence-electron chi connectivity index (χ4n) is 2.25. The third kappa shape index (κ3) is 3.32. The second kappa shape index (κ2) is 7.11. The molecule has 124 valence electrons. The molecule has 0 bridgehead atoms. The number of aromatic nitrogens is 1. The van der Waals surface area contributed by atoms with E-state index < -0.39 is 0 Å². The van der Waals surface area contributed by atoms with Crippen molar-refractivity contribution in [3.8, 4) is 11.5 Å². The summed E-state index contributed by atoms with van der Waals surface area (Å²) in [6.45, 7) is 0. The summed E-state index contributed by atoms with van der Waals surface area (Å²) in [7, 11) is 3.10. The number of carbonyl (C=O) groups is 1. The van der Waals surface area contributed by atoms with E-state index in [0.717, 1.165) is 20.2 Å². The van der Waals surface area contributed by atoms with Crippen LogP contribution < -0.4 is 14.8 Å². The average Bonchev–Trinajstić information content (AvgIpc) is 3.03. The normalized spacial score (nSPS) is 10.6. The van der Waals surface area contributed by atoms with Crippen LogP contribution in [0.15, 0.2) is 40.7 Å². The van der Waals surface area contributed by atoms with E-state index in [9.17, 15) is 4.79 Å². The Kier molecular flexibility index (Phi) is 4.92. The second-order valence-electron chi connectivity index (χ2n) is 4.89. The SMILES string of the molecule is COc1ccc(C(=O)Nc2ccc3nc(SC)sc3c2)cc1OC. The van der Waals surface area contributed by atoms with E-state index in [1.54, 1.807) is 55.5 Å². The molecule has 0 radical (unpaired) electrons. The fraction of sp³-hybridized carbons (Fsp3) is 0.176. The van der Waals surface area contributed by atoms with Crippen molar-refractivity contribution in [1.82, 2.24) is 4.98 Å². The van der Waals surface area contributed by atoms with Gasteiger partial charge >= 0.3 is 0 Å². The van der Waals surface area contributed by atoms with Gasteiger partial charge in [0.1, 0.15) is 0 Å². The summed E-state index contributed by atoms with van der Waals surface area (Å²) in [6, 6.07) is 10.8. The van der Waals surface area contributed by atoms with E-state index >= 15 is 0 Å². The summed E-state index contributed by atoms with van der Waals surface area (Å²) < 4.78 is 12.5. The molecule has 5 nitrogen and oxygen atoms in total. The van der Waals surface area contributed by atoms with Crippen molar-refractivity contribution in [1.29, 1.82) is 0 Å². The molecular weight excluding hydrogens is 344 g/mol. The van der Waals surface area contributed by atoms with Gasteiger partial charge in [-0.2, -0.15) is 0 Å². The molecule has 24 heavy (non-hydrogen) atoms. The number of hydrogen-bond donors (Lipinski definition) is 1. The first kappa shape index (κ1) is 16.6. The van der Waals surface area contributed by atoms with Gasteiger partial charge in [-0.25, -0.2) is 4.98 Å². The van der Waals surface area contributed by atoms with Crippen molar-refractivity contribution in [2.24, 2.45) is 0 Å². The second-order valence-corrected chi connectivity index (χ2v) is 6.97. The Morgan fingerprint density at radius 3 is 2.62 bits per heavy atom. The summed E-state index contributed by atoms with van der Waals surface area (Å²) in [4.78, 5) is 16.9. The molecule has 0 aliphatic rings. The van der Waals surface area contributed by atoms with Crippen LogP contribution in [0.2, 0.25) is 0 Å². The molecule has 1 amide bonds. The Balaban J connectivity index is 1.83. The zero-order chi connectivity index (χ0) is 17.1. The summed E-state index contributed by atoms with van der Waals surface area (Å²) in [5, 5.41) is 2.90. The first-order valence-electron chi connectivity index (χ1n) is 7.12. The number of carbonyl (C=O) groups excluding carboxylic acids is 1. The maximum Gasteiger partial charge on any atom is 0.255 e. The number of ether oxygens (including phenoxy) is 2. The quantitative estimate of drug-likeness (QED) is 0.688. The lowest BCUT2D eigenvalue weighted by atomic mass is 10.2. The first-order valence-corrected chi connectivity index (χ1v) is 9.16. The van der Waals surface area contributed by atoms with Crippen molar-refractivity contribution >= 4 is 44.9 Å². The van der Waals surface area contributed by atoms with Gasteiger partial charge < -0.3 is 14.8 Å². The fourth-order valence-corrected chi connectivity index (χ4v) is 3.78. The van der Waals surface area contributed by atoms with E-state index in [4.69, 9.17) is 9.47 Å². The third-order valence-electron chi connectivity index (χ3n) is 3.45. The molecule has 0 saturated carbocycles. The number of methoxy groups -OCH3 is 2. The van der Waals surface area contributed by atoms with Crippen LogP contribution in [-0.2, 0) is 0 Å². The Hall–Kier alpha value is -2.25. The minimum atomic E-state index is -0.204. The Labute approximate surface area is 148 Å². The molecule has 0 saturated heterocycles. The first-order chi connectivity index (χ1) is 11.6. The number of hydrogen-bond acceptors (Lipinski definition) is 6. The van der Waals surface area contributed by atoms with Gasteiger partial charge in [0.25, 0.3) is 5.91 Å². The molecule has 0 spiro atoms. The number of thioether (sulfide) groups is 1. The van der Waals surface area contributed by atoms with Crippen molar-refractivity contribution in [2.45, 2.75) is 4.34 Å². The monoisotopic (exact) mass is 360 g/mol. The molecule has 3 rings (SSSR count). The molecule has 0 fully saturated rings. The summed E-state index contributed by atoms with van der Waals surface area (Å²) in [6.07, 6.45) is 2.00. The third-order valence-corrected chi connectivity index (χ3v) is 5.45. The predicted molar refractivity (Wildman–Crippen MR) is 98.9 cm³/mol. The minimum absolute atomic E-state index is 0.204. The van der Waals surface area contributed by atoms with Gasteiger partial charge in [0.2, 0.25) is 0 Å². The topological polar surface area (TPSA) is 60.5 Å². The van der Waals surface area contributed by atoms with E-state index in [1.165, 1.54) is 0 Å². The Morgan fingerprint density at radius 1 is 1.12 bits per heavy atom. The van der Waals surface area contributed by atoms with Crippen LogP contribution in [0.25, 0.3) is 10.2 Å². The van der Waals surface area contributed by atoms with Gasteiger partial charge in [-0.1, -0.05) is 11.8 Å². The maximum atomic E-state index is 12.5. The molecular formula is C17H16N2O3S2. The summed E-state index contributed by atoms with van der Waals surface area (Å²) in [5.41, 5.74) is 2.17. The van der Waals surface area contributed by atoms with Crippen molar-refractivity contribution in [3.63, 3.8) is 0 Å². The van der Waals surface area contributed by atoms with Crippen LogP contribution in [0.4, 0.5) is 5.69 Å². The van der Waals surface area contributed by atoms with Gasteiger partial charge in [0.05, 0.1) is 24.4 Å². The van der Waals surface area contributed by atoms with Crippen LogP contribution in [-0.4, -0.2) is 31.4 Å². The lowest BCUT2D eigenvalue weighted by Crippen LogP contribution is -2.12. The summed E-state index contributed by atoms with van der Waals surface area (Å²) in [5.74, 6) is 0.905. The highest BCUT2D eigenvalue weighted by Gasteiger charge is 2.12. The van der Waals surface area contributed by atoms with Crippen LogP contribution in [0.3, 0.4) is 0 Å². The molecule has 0 atom stereocenters. The van der Waals surface area contributed by atoms with Crippen molar-refractivity contribution in [3.05, 3.63) is 42.0 Å². The van der Waals surface area contributed by atoms with Crippen LogP contribution >= 0.6 is 23.1 Å². The zero-order valence-corrected chi connectivity index (χ0v) is 15.1. The number of benzene rings is 2. The molecule has 0 unspecified atom stereocenters. The number of nitrogens with one attached hydrogen (secondary N) is 1. The molecule has 0 aliphatic heterocycles. The molecule has 3 aromatic rings. The van der Waals surface area contributed by atoms with E-state index in [-0.39, 0.29) is 5.91 Å². The number of rotatable bonds is 5. The van der Waals surface area contributed by atoms with Gasteiger partial charge in [-0.05, 0) is 42.7 Å². The lowest BCUT2D eigenvalue weighted by Gasteiger charge is -2.10. The van der Waals surface area contributed by atoms with Crippen molar-refractivity contribution < 1.29 is 14.3 Å². The molecule has 1 N–H and O–H groups in total. The zero-order valence-electron chi connectivity index (χ0n) is 13.5. The molecule has 1 heterocycles. The van der Waals surface area contributed by atoms with E-state index in [2.05, 4.69) is 10.3 Å². The van der Waals surface area contributed by atoms with Crippen LogP contribution in [0.5, 0.6) is 11.5 Å². The molecule has 0 aliphatic carbocycles. The Morgan fingerprint density at radius 2 is 1.92 bits per heavy atom. The van der Waals surface area contributed by atoms with Gasteiger partial charge in [-0.15, -0.1) is 11.3 Å². The van der Waals surface area contributed by atoms with Gasteiger partial charge in [0, 0.05) is 11.3 Å². The van der Waals surface area contributed by atoms with Crippen molar-refractivity contribution in [2.75, 3.05) is 25.8 Å². The van der Waals surface area contributed by atoms with Crippen LogP contribution in [0.1, 0.15) is 10.4 Å². The lowest BCUT2D eigenvalue weighted by molar-refractivity contribution is 0.102. The molecule has 2 aromatic carbocycles. The molecule has 7 heteroatoms. The minimum Gasteiger partial charge on any atom is -0.493 e. The predicted octanol–water partition coefficient (Wildman–Crippen LogP) is 4.29. The van der Waals surface area contributed by atoms with Gasteiger partial charge in [0.15, 0.2) is 15.8 Å². The van der Waals surface area contributed by atoms with Gasteiger partial charge in [-0.3, -0.25) is 4.79 Å². The average molecular weight is 360 g/mol. The number of anilines is 1. The highest BCUT2D eigenvalue weighted by atomic mass is 32.2. The maximum absolute atomic E-state index is 12.5. The number of nitrogens with zero attached hydrogens (tertiary/aromatic N) is 1. The highest BCUT2D eigenvalue weighted by molar-refractivity contribution is 8.00. The van der Waals surface area contributed by atoms with E-state index in [0.29, 0.717) is 17.1 Å². The number of thiazole rings is 1. The highest BCUT2D eigenvalue weighted by Crippen LogP contribution is 2.31. The smallest absolute Gasteiger partial charge is 0.255 e. The summed E-state index contributed by atoms with van der Waals surface area (Å²) >= 11 is 3.22. The number of fused-ring (bicyclic) bond motifs is 1. The largest absolute Gasteiger partial charge is 0.493 e.